The average molecular weight is 164 g/mol. The van der Waals surface area contributed by atoms with Gasteiger partial charge in [0.1, 0.15) is 18.0 Å². The van der Waals surface area contributed by atoms with Crippen LogP contribution in [-0.4, -0.2) is 16.5 Å². The van der Waals surface area contributed by atoms with E-state index in [0.717, 1.165) is 11.4 Å². The molecule has 12 heavy (non-hydrogen) atoms. The molecule has 0 amide bonds. The Hall–Kier alpha value is -1.58. The van der Waals surface area contributed by atoms with Crippen LogP contribution in [0.5, 0.6) is 0 Å². The van der Waals surface area contributed by atoms with Gasteiger partial charge in [-0.05, 0) is 6.92 Å². The highest BCUT2D eigenvalue weighted by Crippen LogP contribution is 2.04. The van der Waals surface area contributed by atoms with Crippen molar-refractivity contribution in [1.82, 2.24) is 9.97 Å². The molecule has 3 N–H and O–H groups in total. The van der Waals surface area contributed by atoms with Gasteiger partial charge in [-0.2, -0.15) is 0 Å². The lowest BCUT2D eigenvalue weighted by atomic mass is 10.3. The molecule has 64 valence electrons. The molecule has 0 fully saturated rings. The van der Waals surface area contributed by atoms with Crippen molar-refractivity contribution in [1.29, 1.82) is 0 Å². The van der Waals surface area contributed by atoms with Crippen LogP contribution in [0.25, 0.3) is 0 Å². The summed E-state index contributed by atoms with van der Waals surface area (Å²) in [5, 5.41) is 3.05. The quantitative estimate of drug-likeness (QED) is 0.655. The van der Waals surface area contributed by atoms with Gasteiger partial charge in [-0.1, -0.05) is 12.2 Å². The molecule has 1 heterocycles. The van der Waals surface area contributed by atoms with Gasteiger partial charge in [0.05, 0.1) is 0 Å². The number of hydrogen-bond donors (Lipinski definition) is 2. The Bertz CT molecular complexity index is 282. The van der Waals surface area contributed by atoms with Crippen molar-refractivity contribution in [3.8, 4) is 0 Å². The van der Waals surface area contributed by atoms with Gasteiger partial charge in [-0.15, -0.1) is 0 Å². The zero-order chi connectivity index (χ0) is 8.97. The molecule has 1 aromatic rings. The molecule has 0 aliphatic rings. The Labute approximate surface area is 71.5 Å². The van der Waals surface area contributed by atoms with Crippen LogP contribution in [0, 0.1) is 0 Å². The van der Waals surface area contributed by atoms with E-state index in [2.05, 4.69) is 21.9 Å². The van der Waals surface area contributed by atoms with Crippen molar-refractivity contribution in [2.24, 2.45) is 0 Å². The molecular weight excluding hydrogens is 152 g/mol. The number of rotatable bonds is 3. The highest BCUT2D eigenvalue weighted by Gasteiger charge is 1.93. The van der Waals surface area contributed by atoms with E-state index < -0.39 is 0 Å². The molecule has 0 aliphatic heterocycles. The molecule has 0 atom stereocenters. The fourth-order valence-electron chi connectivity index (χ4n) is 0.710. The number of anilines is 2. The molecule has 1 rings (SSSR count). The molecule has 0 radical (unpaired) electrons. The van der Waals surface area contributed by atoms with Gasteiger partial charge in [0, 0.05) is 12.6 Å². The van der Waals surface area contributed by atoms with E-state index in [9.17, 15) is 0 Å². The first-order valence-corrected chi connectivity index (χ1v) is 3.64. The van der Waals surface area contributed by atoms with E-state index in [1.165, 1.54) is 6.33 Å². The van der Waals surface area contributed by atoms with E-state index in [-0.39, 0.29) is 0 Å². The Morgan fingerprint density at radius 2 is 2.42 bits per heavy atom. The predicted octanol–water partition coefficient (Wildman–Crippen LogP) is 1.05. The summed E-state index contributed by atoms with van der Waals surface area (Å²) in [4.78, 5) is 7.74. The Morgan fingerprint density at radius 1 is 1.67 bits per heavy atom. The van der Waals surface area contributed by atoms with Gasteiger partial charge in [0.2, 0.25) is 0 Å². The zero-order valence-corrected chi connectivity index (χ0v) is 7.04. The van der Waals surface area contributed by atoms with E-state index in [0.29, 0.717) is 12.4 Å². The fraction of sp³-hybridized carbons (Fsp3) is 0.250. The monoisotopic (exact) mass is 164 g/mol. The number of nitrogens with two attached hydrogens (primary N) is 1. The lowest BCUT2D eigenvalue weighted by Crippen LogP contribution is -2.04. The van der Waals surface area contributed by atoms with Crippen LogP contribution in [0.15, 0.2) is 24.5 Å². The maximum Gasteiger partial charge on any atom is 0.131 e. The number of nitrogen functional groups attached to an aromatic ring is 1. The van der Waals surface area contributed by atoms with Crippen LogP contribution in [0.4, 0.5) is 11.6 Å². The summed E-state index contributed by atoms with van der Waals surface area (Å²) in [7, 11) is 0. The standard InChI is InChI=1S/C8H12N4/c1-6(2)4-10-8-3-7(9)11-5-12-8/h3,5H,1,4H2,2H3,(H3,9,10,11,12). The smallest absolute Gasteiger partial charge is 0.131 e. The van der Waals surface area contributed by atoms with Crippen molar-refractivity contribution in [2.75, 3.05) is 17.6 Å². The fourth-order valence-corrected chi connectivity index (χ4v) is 0.710. The minimum Gasteiger partial charge on any atom is -0.384 e. The third kappa shape index (κ3) is 2.57. The number of nitrogens with one attached hydrogen (secondary N) is 1. The molecule has 0 bridgehead atoms. The van der Waals surface area contributed by atoms with Crippen LogP contribution >= 0.6 is 0 Å². The zero-order valence-electron chi connectivity index (χ0n) is 7.04. The molecule has 0 saturated heterocycles. The minimum atomic E-state index is 0.467. The SMILES string of the molecule is C=C(C)CNc1cc(N)ncn1. The summed E-state index contributed by atoms with van der Waals surface area (Å²) < 4.78 is 0. The molecule has 0 spiro atoms. The van der Waals surface area contributed by atoms with Crippen molar-refractivity contribution < 1.29 is 0 Å². The molecule has 0 unspecified atom stereocenters. The molecule has 1 aromatic heterocycles. The lowest BCUT2D eigenvalue weighted by Gasteiger charge is -2.03. The third-order valence-corrected chi connectivity index (χ3v) is 1.26. The topological polar surface area (TPSA) is 63.8 Å². The van der Waals surface area contributed by atoms with Gasteiger partial charge in [0.15, 0.2) is 0 Å². The predicted molar refractivity (Wildman–Crippen MR) is 49.7 cm³/mol. The van der Waals surface area contributed by atoms with Gasteiger partial charge < -0.3 is 11.1 Å². The highest BCUT2D eigenvalue weighted by atomic mass is 15.0. The maximum atomic E-state index is 5.45. The molecular formula is C8H12N4. The first-order valence-electron chi connectivity index (χ1n) is 3.64. The normalized spacial score (nSPS) is 9.42. The molecule has 4 nitrogen and oxygen atoms in total. The van der Waals surface area contributed by atoms with Crippen LogP contribution in [0.2, 0.25) is 0 Å². The second-order valence-corrected chi connectivity index (χ2v) is 2.64. The van der Waals surface area contributed by atoms with Gasteiger partial charge >= 0.3 is 0 Å². The lowest BCUT2D eigenvalue weighted by molar-refractivity contribution is 1.12. The number of aromatic nitrogens is 2. The van der Waals surface area contributed by atoms with Crippen molar-refractivity contribution in [3.63, 3.8) is 0 Å². The summed E-state index contributed by atoms with van der Waals surface area (Å²) in [6.45, 7) is 6.40. The third-order valence-electron chi connectivity index (χ3n) is 1.26. The Morgan fingerprint density at radius 3 is 3.00 bits per heavy atom. The van der Waals surface area contributed by atoms with Gasteiger partial charge in [-0.3, -0.25) is 0 Å². The Kier molecular flexibility index (Phi) is 2.63. The highest BCUT2D eigenvalue weighted by molar-refractivity contribution is 5.43. The summed E-state index contributed by atoms with van der Waals surface area (Å²) >= 11 is 0. The van der Waals surface area contributed by atoms with Crippen molar-refractivity contribution >= 4 is 11.6 Å². The van der Waals surface area contributed by atoms with E-state index in [1.54, 1.807) is 6.07 Å². The second-order valence-electron chi connectivity index (χ2n) is 2.64. The van der Waals surface area contributed by atoms with Crippen LogP contribution < -0.4 is 11.1 Å². The van der Waals surface area contributed by atoms with Crippen molar-refractivity contribution in [3.05, 3.63) is 24.5 Å². The van der Waals surface area contributed by atoms with Gasteiger partial charge in [-0.25, -0.2) is 9.97 Å². The summed E-state index contributed by atoms with van der Waals surface area (Å²) in [6, 6.07) is 1.68. The number of nitrogens with zero attached hydrogens (tertiary/aromatic N) is 2. The summed E-state index contributed by atoms with van der Waals surface area (Å²) in [5.74, 6) is 1.19. The Balaban J connectivity index is 2.57. The molecule has 0 saturated carbocycles. The second kappa shape index (κ2) is 3.71. The minimum absolute atomic E-state index is 0.467. The van der Waals surface area contributed by atoms with E-state index in [1.807, 2.05) is 6.92 Å². The number of hydrogen-bond acceptors (Lipinski definition) is 4. The van der Waals surface area contributed by atoms with Crippen LogP contribution in [0.1, 0.15) is 6.92 Å². The van der Waals surface area contributed by atoms with Crippen LogP contribution in [0.3, 0.4) is 0 Å². The molecule has 0 aromatic carbocycles. The average Bonchev–Trinajstić information content (AvgIpc) is 2.01. The molecule has 4 heteroatoms. The summed E-state index contributed by atoms with van der Waals surface area (Å²) in [6.07, 6.45) is 1.43. The van der Waals surface area contributed by atoms with Crippen LogP contribution in [-0.2, 0) is 0 Å². The van der Waals surface area contributed by atoms with E-state index in [4.69, 9.17) is 5.73 Å². The van der Waals surface area contributed by atoms with Crippen molar-refractivity contribution in [2.45, 2.75) is 6.92 Å². The first kappa shape index (κ1) is 8.52. The van der Waals surface area contributed by atoms with E-state index >= 15 is 0 Å². The largest absolute Gasteiger partial charge is 0.384 e. The summed E-state index contributed by atoms with van der Waals surface area (Å²) in [5.41, 5.74) is 6.50. The maximum absolute atomic E-state index is 5.45. The molecule has 0 aliphatic carbocycles. The first-order chi connectivity index (χ1) is 5.68. The van der Waals surface area contributed by atoms with Gasteiger partial charge in [0.25, 0.3) is 0 Å².